The minimum absolute atomic E-state index is 0.00110. The van der Waals surface area contributed by atoms with Crippen molar-refractivity contribution in [1.82, 2.24) is 0 Å². The standard InChI is InChI=1S/C15H13NO4S/c17-13-7-6-10(15(19)20)8-12(13)16-14(18)9-21-11-4-2-1-3-5-11/h1-8,17H,9H2,(H,16,18)(H,19,20). The highest BCUT2D eigenvalue weighted by molar-refractivity contribution is 8.00. The molecular formula is C15H13NO4S. The normalized spacial score (nSPS) is 10.1. The average Bonchev–Trinajstić information content (AvgIpc) is 2.48. The van der Waals surface area contributed by atoms with Crippen molar-refractivity contribution in [3.8, 4) is 5.75 Å². The summed E-state index contributed by atoms with van der Waals surface area (Å²) in [6, 6.07) is 13.2. The van der Waals surface area contributed by atoms with Crippen molar-refractivity contribution < 1.29 is 19.8 Å². The Balaban J connectivity index is 1.99. The minimum Gasteiger partial charge on any atom is -0.506 e. The van der Waals surface area contributed by atoms with E-state index in [4.69, 9.17) is 5.11 Å². The van der Waals surface area contributed by atoms with Gasteiger partial charge in [-0.1, -0.05) is 18.2 Å². The van der Waals surface area contributed by atoms with Crippen molar-refractivity contribution in [2.75, 3.05) is 11.1 Å². The third-order valence-corrected chi connectivity index (χ3v) is 3.64. The quantitative estimate of drug-likeness (QED) is 0.584. The number of phenolic OH excluding ortho intramolecular Hbond substituents is 1. The predicted molar refractivity (Wildman–Crippen MR) is 80.9 cm³/mol. The number of aromatic hydroxyl groups is 1. The van der Waals surface area contributed by atoms with Gasteiger partial charge in [0, 0.05) is 4.90 Å². The van der Waals surface area contributed by atoms with E-state index in [1.54, 1.807) is 0 Å². The van der Waals surface area contributed by atoms with E-state index in [9.17, 15) is 14.7 Å². The molecule has 2 rings (SSSR count). The summed E-state index contributed by atoms with van der Waals surface area (Å²) in [5.74, 6) is -1.44. The second kappa shape index (κ2) is 6.81. The fraction of sp³-hybridized carbons (Fsp3) is 0.0667. The van der Waals surface area contributed by atoms with Crippen LogP contribution >= 0.6 is 11.8 Å². The number of carboxylic acids is 1. The fourth-order valence-electron chi connectivity index (χ4n) is 1.62. The maximum absolute atomic E-state index is 11.8. The van der Waals surface area contributed by atoms with Crippen LogP contribution in [0.5, 0.6) is 5.75 Å². The van der Waals surface area contributed by atoms with Gasteiger partial charge < -0.3 is 15.5 Å². The van der Waals surface area contributed by atoms with E-state index in [1.807, 2.05) is 30.3 Å². The van der Waals surface area contributed by atoms with Crippen LogP contribution in [0.2, 0.25) is 0 Å². The van der Waals surface area contributed by atoms with Crippen LogP contribution < -0.4 is 5.32 Å². The van der Waals surface area contributed by atoms with Gasteiger partial charge in [-0.05, 0) is 30.3 Å². The first-order chi connectivity index (χ1) is 10.1. The summed E-state index contributed by atoms with van der Waals surface area (Å²) < 4.78 is 0. The van der Waals surface area contributed by atoms with Gasteiger partial charge in [-0.25, -0.2) is 4.79 Å². The van der Waals surface area contributed by atoms with E-state index < -0.39 is 5.97 Å². The van der Waals surface area contributed by atoms with Crippen LogP contribution in [-0.4, -0.2) is 27.8 Å². The van der Waals surface area contributed by atoms with Crippen LogP contribution in [-0.2, 0) is 4.79 Å². The Hall–Kier alpha value is -2.47. The lowest BCUT2D eigenvalue weighted by Gasteiger charge is -2.08. The van der Waals surface area contributed by atoms with Crippen LogP contribution in [0.3, 0.4) is 0 Å². The molecule has 0 bridgehead atoms. The third kappa shape index (κ3) is 4.25. The van der Waals surface area contributed by atoms with Crippen LogP contribution in [0, 0.1) is 0 Å². The number of aromatic carboxylic acids is 1. The number of nitrogens with one attached hydrogen (secondary N) is 1. The highest BCUT2D eigenvalue weighted by Crippen LogP contribution is 2.25. The molecule has 0 aliphatic rings. The fourth-order valence-corrected chi connectivity index (χ4v) is 2.34. The van der Waals surface area contributed by atoms with Crippen molar-refractivity contribution >= 4 is 29.3 Å². The molecule has 0 saturated heterocycles. The summed E-state index contributed by atoms with van der Waals surface area (Å²) in [6.07, 6.45) is 0. The molecule has 0 unspecified atom stereocenters. The number of hydrogen-bond donors (Lipinski definition) is 3. The number of carbonyl (C=O) groups excluding carboxylic acids is 1. The minimum atomic E-state index is -1.12. The van der Waals surface area contributed by atoms with Crippen molar-refractivity contribution in [1.29, 1.82) is 0 Å². The largest absolute Gasteiger partial charge is 0.506 e. The molecule has 0 fully saturated rings. The Labute approximate surface area is 125 Å². The second-order valence-corrected chi connectivity index (χ2v) is 5.24. The Morgan fingerprint density at radius 1 is 1.10 bits per heavy atom. The second-order valence-electron chi connectivity index (χ2n) is 4.19. The molecule has 21 heavy (non-hydrogen) atoms. The first kappa shape index (κ1) is 14.9. The maximum atomic E-state index is 11.8. The zero-order valence-corrected chi connectivity index (χ0v) is 11.8. The molecule has 2 aromatic carbocycles. The Bertz CT molecular complexity index is 658. The van der Waals surface area contributed by atoms with Gasteiger partial charge in [-0.3, -0.25) is 4.79 Å². The van der Waals surface area contributed by atoms with E-state index in [2.05, 4.69) is 5.32 Å². The van der Waals surface area contributed by atoms with Gasteiger partial charge in [0.1, 0.15) is 5.75 Å². The van der Waals surface area contributed by atoms with Crippen LogP contribution in [0.4, 0.5) is 5.69 Å². The number of amides is 1. The number of benzene rings is 2. The number of rotatable bonds is 5. The molecule has 6 heteroatoms. The molecule has 0 heterocycles. The Kier molecular flexibility index (Phi) is 4.84. The first-order valence-electron chi connectivity index (χ1n) is 6.10. The lowest BCUT2D eigenvalue weighted by molar-refractivity contribution is -0.113. The van der Waals surface area contributed by atoms with Crippen molar-refractivity contribution in [2.24, 2.45) is 0 Å². The Morgan fingerprint density at radius 2 is 1.81 bits per heavy atom. The van der Waals surface area contributed by atoms with E-state index >= 15 is 0 Å². The smallest absolute Gasteiger partial charge is 0.335 e. The summed E-state index contributed by atoms with van der Waals surface area (Å²) in [5.41, 5.74) is 0.0902. The molecule has 0 aliphatic carbocycles. The van der Waals surface area contributed by atoms with Crippen LogP contribution in [0.25, 0.3) is 0 Å². The van der Waals surface area contributed by atoms with Gasteiger partial charge in [0.25, 0.3) is 0 Å². The average molecular weight is 303 g/mol. The van der Waals surface area contributed by atoms with Crippen molar-refractivity contribution in [3.63, 3.8) is 0 Å². The maximum Gasteiger partial charge on any atom is 0.335 e. The van der Waals surface area contributed by atoms with Gasteiger partial charge in [-0.2, -0.15) is 0 Å². The summed E-state index contributed by atoms with van der Waals surface area (Å²) in [7, 11) is 0. The zero-order chi connectivity index (χ0) is 15.2. The van der Waals surface area contributed by atoms with E-state index in [0.717, 1.165) is 4.90 Å². The van der Waals surface area contributed by atoms with Gasteiger partial charge >= 0.3 is 5.97 Å². The number of anilines is 1. The number of phenols is 1. The van der Waals surface area contributed by atoms with Crippen molar-refractivity contribution in [2.45, 2.75) is 4.90 Å². The topological polar surface area (TPSA) is 86.6 Å². The molecule has 5 nitrogen and oxygen atoms in total. The SMILES string of the molecule is O=C(CSc1ccccc1)Nc1cc(C(=O)O)ccc1O. The number of hydrogen-bond acceptors (Lipinski definition) is 4. The molecule has 1 amide bonds. The van der Waals surface area contributed by atoms with E-state index in [1.165, 1.54) is 30.0 Å². The monoisotopic (exact) mass is 303 g/mol. The molecule has 0 aromatic heterocycles. The molecular weight excluding hydrogens is 290 g/mol. The number of carboxylic acid groups (broad SMARTS) is 1. The summed E-state index contributed by atoms with van der Waals surface area (Å²) in [4.78, 5) is 23.6. The predicted octanol–water partition coefficient (Wildman–Crippen LogP) is 2.82. The number of carbonyl (C=O) groups is 2. The molecule has 108 valence electrons. The number of thioether (sulfide) groups is 1. The first-order valence-corrected chi connectivity index (χ1v) is 7.09. The molecule has 3 N–H and O–H groups in total. The highest BCUT2D eigenvalue weighted by atomic mass is 32.2. The van der Waals surface area contributed by atoms with Gasteiger partial charge in [0.05, 0.1) is 17.0 Å². The van der Waals surface area contributed by atoms with Gasteiger partial charge in [-0.15, -0.1) is 11.8 Å². The molecule has 0 spiro atoms. The van der Waals surface area contributed by atoms with E-state index in [0.29, 0.717) is 0 Å². The van der Waals surface area contributed by atoms with Crippen LogP contribution in [0.1, 0.15) is 10.4 Å². The lowest BCUT2D eigenvalue weighted by Crippen LogP contribution is -2.14. The molecule has 0 saturated carbocycles. The van der Waals surface area contributed by atoms with Crippen molar-refractivity contribution in [3.05, 3.63) is 54.1 Å². The highest BCUT2D eigenvalue weighted by Gasteiger charge is 2.10. The third-order valence-electron chi connectivity index (χ3n) is 2.63. The lowest BCUT2D eigenvalue weighted by atomic mass is 10.2. The van der Waals surface area contributed by atoms with Gasteiger partial charge in [0.15, 0.2) is 0 Å². The molecule has 0 radical (unpaired) electrons. The molecule has 0 aliphatic heterocycles. The molecule has 0 atom stereocenters. The Morgan fingerprint density at radius 3 is 2.48 bits per heavy atom. The van der Waals surface area contributed by atoms with Crippen LogP contribution in [0.15, 0.2) is 53.4 Å². The summed E-state index contributed by atoms with van der Waals surface area (Å²) in [6.45, 7) is 0. The van der Waals surface area contributed by atoms with Gasteiger partial charge in [0.2, 0.25) is 5.91 Å². The van der Waals surface area contributed by atoms with E-state index in [-0.39, 0.29) is 28.7 Å². The zero-order valence-electron chi connectivity index (χ0n) is 10.9. The summed E-state index contributed by atoms with van der Waals surface area (Å²) in [5, 5.41) is 21.0. The summed E-state index contributed by atoms with van der Waals surface area (Å²) >= 11 is 1.35. The molecule has 2 aromatic rings.